The van der Waals surface area contributed by atoms with Gasteiger partial charge in [0.25, 0.3) is 5.91 Å². The van der Waals surface area contributed by atoms with Crippen molar-refractivity contribution in [1.29, 1.82) is 0 Å². The van der Waals surface area contributed by atoms with Crippen molar-refractivity contribution in [1.82, 2.24) is 4.90 Å². The number of benzene rings is 1. The monoisotopic (exact) mass is 247 g/mol. The van der Waals surface area contributed by atoms with E-state index in [0.717, 1.165) is 25.8 Å². The molecule has 1 heterocycles. The van der Waals surface area contributed by atoms with Gasteiger partial charge < -0.3 is 16.4 Å². The number of carbonyl (C=O) groups is 1. The zero-order chi connectivity index (χ0) is 13.1. The first kappa shape index (κ1) is 12.7. The maximum absolute atomic E-state index is 12.5. The minimum atomic E-state index is 0.0408. The van der Waals surface area contributed by atoms with E-state index >= 15 is 0 Å². The number of likely N-dealkylation sites (tertiary alicyclic amines) is 1. The number of anilines is 2. The molecule has 1 fully saturated rings. The van der Waals surface area contributed by atoms with Gasteiger partial charge in [0.05, 0.1) is 5.56 Å². The molecule has 1 unspecified atom stereocenters. The van der Waals surface area contributed by atoms with Gasteiger partial charge in [0.1, 0.15) is 0 Å². The van der Waals surface area contributed by atoms with Gasteiger partial charge in [-0.3, -0.25) is 4.79 Å². The van der Waals surface area contributed by atoms with Crippen LogP contribution in [0.5, 0.6) is 0 Å². The fraction of sp³-hybridized carbons (Fsp3) is 0.500. The van der Waals surface area contributed by atoms with Crippen molar-refractivity contribution in [2.45, 2.75) is 38.6 Å². The topological polar surface area (TPSA) is 72.3 Å². The summed E-state index contributed by atoms with van der Waals surface area (Å²) >= 11 is 0. The van der Waals surface area contributed by atoms with E-state index in [1.807, 2.05) is 4.90 Å². The van der Waals surface area contributed by atoms with Crippen LogP contribution < -0.4 is 11.5 Å². The second-order valence-electron chi connectivity index (χ2n) is 4.90. The van der Waals surface area contributed by atoms with E-state index in [0.29, 0.717) is 23.0 Å². The predicted octanol–water partition coefficient (Wildman–Crippen LogP) is 2.26. The number of piperidine rings is 1. The molecular weight excluding hydrogens is 226 g/mol. The third kappa shape index (κ3) is 2.42. The van der Waals surface area contributed by atoms with Crippen molar-refractivity contribution < 1.29 is 4.79 Å². The summed E-state index contributed by atoms with van der Waals surface area (Å²) in [5.74, 6) is 0.0408. The van der Waals surface area contributed by atoms with Gasteiger partial charge in [-0.1, -0.05) is 6.92 Å². The molecule has 4 N–H and O–H groups in total. The van der Waals surface area contributed by atoms with Crippen molar-refractivity contribution in [2.24, 2.45) is 0 Å². The molecule has 4 heteroatoms. The first-order chi connectivity index (χ1) is 8.63. The van der Waals surface area contributed by atoms with E-state index in [1.165, 1.54) is 6.42 Å². The average molecular weight is 247 g/mol. The molecule has 0 radical (unpaired) electrons. The highest BCUT2D eigenvalue weighted by Crippen LogP contribution is 2.24. The summed E-state index contributed by atoms with van der Waals surface area (Å²) in [6.45, 7) is 2.96. The Morgan fingerprint density at radius 2 is 2.17 bits per heavy atom. The van der Waals surface area contributed by atoms with Gasteiger partial charge in [0, 0.05) is 24.0 Å². The van der Waals surface area contributed by atoms with Crippen molar-refractivity contribution in [3.63, 3.8) is 0 Å². The van der Waals surface area contributed by atoms with Crippen molar-refractivity contribution in [3.8, 4) is 0 Å². The van der Waals surface area contributed by atoms with E-state index in [1.54, 1.807) is 18.2 Å². The van der Waals surface area contributed by atoms with Crippen LogP contribution in [0, 0.1) is 0 Å². The Kier molecular flexibility index (Phi) is 3.75. The minimum Gasteiger partial charge on any atom is -0.399 e. The van der Waals surface area contributed by atoms with E-state index in [-0.39, 0.29) is 5.91 Å². The lowest BCUT2D eigenvalue weighted by Crippen LogP contribution is -2.43. The van der Waals surface area contributed by atoms with Gasteiger partial charge in [-0.05, 0) is 43.9 Å². The van der Waals surface area contributed by atoms with Crippen molar-refractivity contribution in [3.05, 3.63) is 23.8 Å². The van der Waals surface area contributed by atoms with Crippen LogP contribution in [0.25, 0.3) is 0 Å². The SMILES string of the molecule is CCC1CCCCN1C(=O)c1ccc(N)cc1N. The van der Waals surface area contributed by atoms with Crippen LogP contribution in [-0.2, 0) is 0 Å². The third-order valence-electron chi connectivity index (χ3n) is 3.67. The van der Waals surface area contributed by atoms with Crippen molar-refractivity contribution >= 4 is 17.3 Å². The Morgan fingerprint density at radius 3 is 2.83 bits per heavy atom. The molecule has 0 aliphatic carbocycles. The smallest absolute Gasteiger partial charge is 0.256 e. The Hall–Kier alpha value is -1.71. The first-order valence-corrected chi connectivity index (χ1v) is 6.59. The summed E-state index contributed by atoms with van der Waals surface area (Å²) in [4.78, 5) is 14.5. The van der Waals surface area contributed by atoms with Gasteiger partial charge in [-0.15, -0.1) is 0 Å². The molecule has 1 saturated heterocycles. The second kappa shape index (κ2) is 5.29. The average Bonchev–Trinajstić information content (AvgIpc) is 2.38. The molecular formula is C14H21N3O. The highest BCUT2D eigenvalue weighted by atomic mass is 16.2. The highest BCUT2D eigenvalue weighted by Gasteiger charge is 2.27. The lowest BCUT2D eigenvalue weighted by atomic mass is 9.98. The number of nitrogens with zero attached hydrogens (tertiary/aromatic N) is 1. The molecule has 0 spiro atoms. The molecule has 18 heavy (non-hydrogen) atoms. The van der Waals surface area contributed by atoms with E-state index < -0.39 is 0 Å². The number of rotatable bonds is 2. The van der Waals surface area contributed by atoms with Crippen LogP contribution in [0.15, 0.2) is 18.2 Å². The summed E-state index contributed by atoms with van der Waals surface area (Å²) in [5, 5.41) is 0. The molecule has 1 aromatic rings. The summed E-state index contributed by atoms with van der Waals surface area (Å²) in [5.41, 5.74) is 13.2. The Morgan fingerprint density at radius 1 is 1.39 bits per heavy atom. The molecule has 0 aromatic heterocycles. The fourth-order valence-corrected chi connectivity index (χ4v) is 2.62. The van der Waals surface area contributed by atoms with Gasteiger partial charge >= 0.3 is 0 Å². The molecule has 1 aliphatic rings. The third-order valence-corrected chi connectivity index (χ3v) is 3.67. The van der Waals surface area contributed by atoms with Gasteiger partial charge in [-0.2, -0.15) is 0 Å². The summed E-state index contributed by atoms with van der Waals surface area (Å²) < 4.78 is 0. The standard InChI is InChI=1S/C14H21N3O/c1-2-11-5-3-4-8-17(11)14(18)12-7-6-10(15)9-13(12)16/h6-7,9,11H,2-5,8,15-16H2,1H3. The van der Waals surface area contributed by atoms with Gasteiger partial charge in [0.2, 0.25) is 0 Å². The predicted molar refractivity (Wildman–Crippen MR) is 74.2 cm³/mol. The van der Waals surface area contributed by atoms with Crippen LogP contribution in [0.1, 0.15) is 43.0 Å². The number of amides is 1. The van der Waals surface area contributed by atoms with E-state index in [2.05, 4.69) is 6.92 Å². The van der Waals surface area contributed by atoms with Crippen LogP contribution in [0.4, 0.5) is 11.4 Å². The number of hydrogen-bond acceptors (Lipinski definition) is 3. The first-order valence-electron chi connectivity index (χ1n) is 6.59. The molecule has 1 aliphatic heterocycles. The fourth-order valence-electron chi connectivity index (χ4n) is 2.62. The summed E-state index contributed by atoms with van der Waals surface area (Å²) in [6, 6.07) is 5.46. The van der Waals surface area contributed by atoms with Gasteiger partial charge in [0.15, 0.2) is 0 Å². The maximum Gasteiger partial charge on any atom is 0.256 e. The molecule has 98 valence electrons. The van der Waals surface area contributed by atoms with Crippen LogP contribution in [0.3, 0.4) is 0 Å². The molecule has 1 amide bonds. The Labute approximate surface area is 108 Å². The van der Waals surface area contributed by atoms with Crippen molar-refractivity contribution in [2.75, 3.05) is 18.0 Å². The quantitative estimate of drug-likeness (QED) is 0.787. The highest BCUT2D eigenvalue weighted by molar-refractivity contribution is 5.99. The number of carbonyl (C=O) groups excluding carboxylic acids is 1. The van der Waals surface area contributed by atoms with Crippen LogP contribution in [-0.4, -0.2) is 23.4 Å². The Bertz CT molecular complexity index is 445. The summed E-state index contributed by atoms with van der Waals surface area (Å²) in [7, 11) is 0. The lowest BCUT2D eigenvalue weighted by Gasteiger charge is -2.35. The second-order valence-corrected chi connectivity index (χ2v) is 4.90. The maximum atomic E-state index is 12.5. The van der Waals surface area contributed by atoms with Crippen LogP contribution >= 0.6 is 0 Å². The zero-order valence-electron chi connectivity index (χ0n) is 10.9. The molecule has 0 saturated carbocycles. The lowest BCUT2D eigenvalue weighted by molar-refractivity contribution is 0.0609. The minimum absolute atomic E-state index is 0.0408. The van der Waals surface area contributed by atoms with Gasteiger partial charge in [-0.25, -0.2) is 0 Å². The van der Waals surface area contributed by atoms with E-state index in [9.17, 15) is 4.79 Å². The molecule has 2 rings (SSSR count). The number of nitrogens with two attached hydrogens (primary N) is 2. The Balaban J connectivity index is 2.24. The number of hydrogen-bond donors (Lipinski definition) is 2. The van der Waals surface area contributed by atoms with E-state index in [4.69, 9.17) is 11.5 Å². The molecule has 1 aromatic carbocycles. The largest absolute Gasteiger partial charge is 0.399 e. The molecule has 4 nitrogen and oxygen atoms in total. The normalized spacial score (nSPS) is 19.8. The zero-order valence-corrected chi connectivity index (χ0v) is 10.9. The molecule has 0 bridgehead atoms. The number of nitrogen functional groups attached to an aromatic ring is 2. The van der Waals surface area contributed by atoms with Crippen LogP contribution in [0.2, 0.25) is 0 Å². The molecule has 1 atom stereocenters. The summed E-state index contributed by atoms with van der Waals surface area (Å²) in [6.07, 6.45) is 4.38.